The predicted molar refractivity (Wildman–Crippen MR) is 157 cm³/mol. The molecule has 1 aliphatic carbocycles. The molecule has 1 saturated carbocycles. The summed E-state index contributed by atoms with van der Waals surface area (Å²) in [4.78, 5) is 14.7. The summed E-state index contributed by atoms with van der Waals surface area (Å²) in [5.41, 5.74) is 0.0302. The first-order valence-electron chi connectivity index (χ1n) is 13.7. The second-order valence-electron chi connectivity index (χ2n) is 10.5. The number of ether oxygens (including phenoxy) is 1. The molecule has 14 heteroatoms. The molecule has 44 heavy (non-hydrogen) atoms. The van der Waals surface area contributed by atoms with Gasteiger partial charge >= 0.3 is 0 Å². The molecule has 0 bridgehead atoms. The van der Waals surface area contributed by atoms with Crippen molar-refractivity contribution < 1.29 is 31.1 Å². The predicted octanol–water partition coefficient (Wildman–Crippen LogP) is 5.80. The first-order valence-corrected chi connectivity index (χ1v) is 14.9. The molecule has 0 radical (unpaired) electrons. The largest absolute Gasteiger partial charge is 0.435 e. The molecule has 232 valence electrons. The topological polar surface area (TPSA) is 112 Å². The average molecular weight is 631 g/mol. The lowest BCUT2D eigenvalue weighted by molar-refractivity contribution is 0.109. The van der Waals surface area contributed by atoms with Gasteiger partial charge in [0.15, 0.2) is 11.6 Å². The van der Waals surface area contributed by atoms with Crippen LogP contribution in [0.1, 0.15) is 36.4 Å². The summed E-state index contributed by atoms with van der Waals surface area (Å²) in [5.74, 6) is -5.08. The van der Waals surface area contributed by atoms with Crippen LogP contribution in [0.15, 0.2) is 67.0 Å². The molecule has 0 saturated heterocycles. The highest BCUT2D eigenvalue weighted by atomic mass is 32.2. The Morgan fingerprint density at radius 1 is 1.02 bits per heavy atom. The van der Waals surface area contributed by atoms with Crippen molar-refractivity contribution in [2.75, 3.05) is 19.4 Å². The van der Waals surface area contributed by atoms with E-state index in [0.717, 1.165) is 6.42 Å². The van der Waals surface area contributed by atoms with Gasteiger partial charge in [-0.1, -0.05) is 30.3 Å². The Bertz CT molecular complexity index is 1630. The minimum absolute atomic E-state index is 0.154. The maximum Gasteiger partial charge on any atom is 0.232 e. The van der Waals surface area contributed by atoms with Crippen molar-refractivity contribution >= 4 is 17.2 Å². The van der Waals surface area contributed by atoms with Crippen molar-refractivity contribution in [3.05, 3.63) is 95.6 Å². The minimum Gasteiger partial charge on any atom is -0.435 e. The number of nitrogens with zero attached hydrogens (tertiary/aromatic N) is 4. The van der Waals surface area contributed by atoms with E-state index >= 15 is 13.2 Å². The van der Waals surface area contributed by atoms with Crippen molar-refractivity contribution in [2.24, 2.45) is 0 Å². The average Bonchev–Trinajstić information content (AvgIpc) is 3.00. The van der Waals surface area contributed by atoms with Crippen LogP contribution in [0.3, 0.4) is 0 Å². The molecule has 2 aromatic heterocycles. The van der Waals surface area contributed by atoms with Crippen molar-refractivity contribution in [1.82, 2.24) is 24.6 Å². The molecule has 9 nitrogen and oxygen atoms in total. The fourth-order valence-electron chi connectivity index (χ4n) is 5.31. The number of pyridine rings is 1. The van der Waals surface area contributed by atoms with Gasteiger partial charge in [0, 0.05) is 42.5 Å². The summed E-state index contributed by atoms with van der Waals surface area (Å²) >= 11 is -2.68. The molecule has 1 aliphatic rings. The molecule has 1 fully saturated rings. The van der Waals surface area contributed by atoms with Gasteiger partial charge in [0.05, 0.1) is 17.3 Å². The van der Waals surface area contributed by atoms with Gasteiger partial charge in [-0.15, -0.1) is 0 Å². The number of benzene rings is 2. The van der Waals surface area contributed by atoms with Crippen LogP contribution in [0.5, 0.6) is 11.6 Å². The van der Waals surface area contributed by atoms with Gasteiger partial charge < -0.3 is 15.0 Å². The highest BCUT2D eigenvalue weighted by Gasteiger charge is 2.32. The Morgan fingerprint density at radius 3 is 2.50 bits per heavy atom. The van der Waals surface area contributed by atoms with E-state index in [1.807, 2.05) is 19.0 Å². The third-order valence-electron chi connectivity index (χ3n) is 7.44. The molecule has 3 N–H and O–H groups in total. The van der Waals surface area contributed by atoms with Gasteiger partial charge in [0.2, 0.25) is 28.9 Å². The van der Waals surface area contributed by atoms with Crippen LogP contribution < -0.4 is 14.8 Å². The molecule has 4 aromatic rings. The summed E-state index contributed by atoms with van der Waals surface area (Å²) in [6.45, 7) is 0. The third-order valence-corrected chi connectivity index (χ3v) is 7.88. The van der Waals surface area contributed by atoms with Crippen molar-refractivity contribution in [3.63, 3.8) is 0 Å². The maximum atomic E-state index is 15.4. The highest BCUT2D eigenvalue weighted by Crippen LogP contribution is 2.37. The van der Waals surface area contributed by atoms with E-state index in [2.05, 4.69) is 25.0 Å². The number of hydrogen-bond donors (Lipinski definition) is 3. The van der Waals surface area contributed by atoms with E-state index in [4.69, 9.17) is 4.74 Å². The highest BCUT2D eigenvalue weighted by molar-refractivity contribution is 7.77. The van der Waals surface area contributed by atoms with Crippen LogP contribution in [-0.4, -0.2) is 61.0 Å². The van der Waals surface area contributed by atoms with Crippen LogP contribution in [-0.2, 0) is 11.3 Å². The molecule has 5 atom stereocenters. The lowest BCUT2D eigenvalue weighted by atomic mass is 9.89. The Morgan fingerprint density at radius 2 is 1.80 bits per heavy atom. The number of rotatable bonds is 10. The van der Waals surface area contributed by atoms with Gasteiger partial charge in [0.1, 0.15) is 12.0 Å². The zero-order chi connectivity index (χ0) is 31.4. The maximum absolute atomic E-state index is 15.4. The Hall–Kier alpha value is -3.98. The number of anilines is 1. The summed E-state index contributed by atoms with van der Waals surface area (Å²) < 4.78 is 89.5. The Kier molecular flexibility index (Phi) is 9.84. The van der Waals surface area contributed by atoms with Gasteiger partial charge in [-0.2, -0.15) is 4.39 Å². The molecule has 0 aliphatic heterocycles. The molecule has 2 heterocycles. The normalized spacial score (nSPS) is 19.9. The standard InChI is InChI=1S/C30H30F4N6O3S/c1-40(2)23-11-10-18(15-20(23)31)37-30-36-14-12-22(38-30)19-9-6-13-35-29(19)43-24-16-21(32)25(27(34)26(24)33)28(39-44(41)42)17-7-4-3-5-8-17/h3-9,12-14,16,18,20,23,28,39H,10-11,15H2,1-2H3,(H,41,42)(H,36,37,38). The molecule has 0 amide bonds. The first-order chi connectivity index (χ1) is 21.1. The first kappa shape index (κ1) is 31.4. The quantitative estimate of drug-likeness (QED) is 0.115. The Labute approximate surface area is 254 Å². The molecule has 0 spiro atoms. The molecular weight excluding hydrogens is 600 g/mol. The number of nitrogens with one attached hydrogen (secondary N) is 2. The second kappa shape index (κ2) is 13.8. The Balaban J connectivity index is 1.41. The summed E-state index contributed by atoms with van der Waals surface area (Å²) in [5, 5.41) is 3.17. The lowest BCUT2D eigenvalue weighted by Crippen LogP contribution is -2.44. The van der Waals surface area contributed by atoms with E-state index in [1.54, 1.807) is 36.4 Å². The lowest BCUT2D eigenvalue weighted by Gasteiger charge is -2.35. The summed E-state index contributed by atoms with van der Waals surface area (Å²) in [6.07, 6.45) is 3.51. The SMILES string of the molecule is CN(C)C1CCC(Nc2nccc(-c3cccnc3Oc3cc(F)c(C(NS(=O)O)c4ccccc4)c(F)c3F)n2)CC1F. The van der Waals surface area contributed by atoms with E-state index in [9.17, 15) is 13.2 Å². The molecular formula is C30H30F4N6O3S. The fourth-order valence-corrected chi connectivity index (χ4v) is 5.77. The van der Waals surface area contributed by atoms with Crippen LogP contribution >= 0.6 is 0 Å². The van der Waals surface area contributed by atoms with Crippen molar-refractivity contribution in [3.8, 4) is 22.9 Å². The van der Waals surface area contributed by atoms with E-state index in [1.165, 1.54) is 24.5 Å². The monoisotopic (exact) mass is 630 g/mol. The van der Waals surface area contributed by atoms with E-state index < -0.39 is 52.2 Å². The van der Waals surface area contributed by atoms with E-state index in [-0.39, 0.29) is 35.0 Å². The zero-order valence-corrected chi connectivity index (χ0v) is 24.6. The second-order valence-corrected chi connectivity index (χ2v) is 11.3. The smallest absolute Gasteiger partial charge is 0.232 e. The minimum atomic E-state index is -2.68. The molecule has 5 unspecified atom stereocenters. The number of aromatic nitrogens is 3. The van der Waals surface area contributed by atoms with Crippen molar-refractivity contribution in [1.29, 1.82) is 0 Å². The van der Waals surface area contributed by atoms with Gasteiger partial charge in [-0.25, -0.2) is 37.1 Å². The van der Waals surface area contributed by atoms with Gasteiger partial charge in [-0.05, 0) is 50.7 Å². The van der Waals surface area contributed by atoms with Gasteiger partial charge in [0.25, 0.3) is 0 Å². The van der Waals surface area contributed by atoms with Crippen LogP contribution in [0.25, 0.3) is 11.3 Å². The van der Waals surface area contributed by atoms with Crippen molar-refractivity contribution in [2.45, 2.75) is 43.6 Å². The number of hydrogen-bond acceptors (Lipinski definition) is 7. The number of alkyl halides is 1. The van der Waals surface area contributed by atoms with Gasteiger partial charge in [-0.3, -0.25) is 4.55 Å². The van der Waals surface area contributed by atoms with E-state index in [0.29, 0.717) is 24.6 Å². The fraction of sp³-hybridized carbons (Fsp3) is 0.300. The summed E-state index contributed by atoms with van der Waals surface area (Å²) in [6, 6.07) is 11.3. The number of halogens is 4. The zero-order valence-electron chi connectivity index (χ0n) is 23.8. The summed E-state index contributed by atoms with van der Waals surface area (Å²) in [7, 11) is 3.71. The van der Waals surface area contributed by atoms with Crippen LogP contribution in [0.4, 0.5) is 23.5 Å². The molecule has 5 rings (SSSR count). The van der Waals surface area contributed by atoms with Crippen LogP contribution in [0, 0.1) is 17.5 Å². The third kappa shape index (κ3) is 7.04. The molecule has 2 aromatic carbocycles. The van der Waals surface area contributed by atoms with Crippen LogP contribution in [0.2, 0.25) is 0 Å².